The summed E-state index contributed by atoms with van der Waals surface area (Å²) in [6.45, 7) is 0. The molecule has 0 unspecified atom stereocenters. The van der Waals surface area contributed by atoms with Crippen molar-refractivity contribution in [2.75, 3.05) is 0 Å². The summed E-state index contributed by atoms with van der Waals surface area (Å²) in [5, 5.41) is 0. The van der Waals surface area contributed by atoms with Crippen LogP contribution in [0, 0.1) is 0 Å². The third-order valence-corrected chi connectivity index (χ3v) is 3.86. The molecule has 0 rings (SSSR count). The number of rotatable bonds is 2. The van der Waals surface area contributed by atoms with E-state index < -0.39 is 21.8 Å². The molecular formula is C4H9BiO. The quantitative estimate of drug-likeness (QED) is 0.544. The molecule has 2 heteroatoms. The number of carbonyl (C=O) groups is 1. The van der Waals surface area contributed by atoms with Gasteiger partial charge in [0.15, 0.2) is 0 Å². The van der Waals surface area contributed by atoms with Gasteiger partial charge in [-0.1, -0.05) is 0 Å². The van der Waals surface area contributed by atoms with Gasteiger partial charge in [0.05, 0.1) is 0 Å². The van der Waals surface area contributed by atoms with Gasteiger partial charge < -0.3 is 0 Å². The maximum atomic E-state index is 9.67. The first-order valence-electron chi connectivity index (χ1n) is 1.85. The fourth-order valence-corrected chi connectivity index (χ4v) is 1.31. The Hall–Kier alpha value is 0.553. The molecule has 0 heterocycles. The summed E-state index contributed by atoms with van der Waals surface area (Å²) in [7, 11) is 0. The Bertz CT molecular complexity index is 42.8. The Morgan fingerprint density at radius 1 is 1.67 bits per heavy atom. The van der Waals surface area contributed by atoms with Crippen LogP contribution in [-0.2, 0) is 4.79 Å². The molecule has 0 fully saturated rings. The molecule has 0 bridgehead atoms. The van der Waals surface area contributed by atoms with Crippen LogP contribution in [-0.4, -0.2) is 28.0 Å². The summed E-state index contributed by atoms with van der Waals surface area (Å²) < 4.78 is 5.35. The molecular weight excluding hydrogens is 273 g/mol. The fraction of sp³-hybridized carbons (Fsp3) is 0.750. The third-order valence-electron chi connectivity index (χ3n) is 0.440. The van der Waals surface area contributed by atoms with Crippen LogP contribution in [0.4, 0.5) is 0 Å². The number of aldehydes is 1. The molecule has 0 radical (unpaired) electrons. The zero-order valence-corrected chi connectivity index (χ0v) is 7.62. The standard InChI is InChI=1S/C2H3O.2CH3.Bi/c1-2-3;;;/h2H,1H2;2*1H3;. The van der Waals surface area contributed by atoms with Crippen LogP contribution in [0.5, 0.6) is 0 Å². The monoisotopic (exact) mass is 282 g/mol. The third kappa shape index (κ3) is 4.55. The first-order valence-corrected chi connectivity index (χ1v) is 11.3. The van der Waals surface area contributed by atoms with Crippen molar-refractivity contribution in [2.45, 2.75) is 13.4 Å². The molecule has 1 nitrogen and oxygen atoms in total. The zero-order valence-electron chi connectivity index (χ0n) is 4.14. The molecule has 0 amide bonds. The van der Waals surface area contributed by atoms with Gasteiger partial charge in [0, 0.05) is 0 Å². The van der Waals surface area contributed by atoms with Crippen LogP contribution in [0.1, 0.15) is 0 Å². The molecule has 0 aromatic heterocycles. The van der Waals surface area contributed by atoms with Crippen molar-refractivity contribution < 1.29 is 4.79 Å². The second kappa shape index (κ2) is 3.73. The normalized spacial score (nSPS) is 9.17. The Morgan fingerprint density at radius 3 is 2.17 bits per heavy atom. The number of carbonyl (C=O) groups excluding carboxylic acids is 1. The second-order valence-electron chi connectivity index (χ2n) is 1.43. The molecule has 0 aliphatic rings. The predicted octanol–water partition coefficient (Wildman–Crippen LogP) is 0.940. The van der Waals surface area contributed by atoms with Crippen molar-refractivity contribution in [3.05, 3.63) is 0 Å². The summed E-state index contributed by atoms with van der Waals surface area (Å²) in [6, 6.07) is 0. The van der Waals surface area contributed by atoms with Crippen LogP contribution in [0.15, 0.2) is 0 Å². The summed E-state index contributed by atoms with van der Waals surface area (Å²) in [5.41, 5.74) is 0. The Labute approximate surface area is 46.4 Å². The van der Waals surface area contributed by atoms with E-state index in [2.05, 4.69) is 9.26 Å². The molecule has 0 aromatic carbocycles. The van der Waals surface area contributed by atoms with Crippen molar-refractivity contribution in [3.63, 3.8) is 0 Å². The minimum atomic E-state index is -1.04. The number of hydrogen-bond donors (Lipinski definition) is 0. The van der Waals surface area contributed by atoms with Gasteiger partial charge in [-0.25, -0.2) is 0 Å². The minimum absolute atomic E-state index is 0.898. The van der Waals surface area contributed by atoms with Crippen molar-refractivity contribution in [1.29, 1.82) is 0 Å². The summed E-state index contributed by atoms with van der Waals surface area (Å²) >= 11 is -1.04. The van der Waals surface area contributed by atoms with Gasteiger partial charge in [0.1, 0.15) is 0 Å². The Balaban J connectivity index is 2.81. The summed E-state index contributed by atoms with van der Waals surface area (Å²) in [4.78, 5) is 9.67. The van der Waals surface area contributed by atoms with Crippen LogP contribution < -0.4 is 0 Å². The average molecular weight is 282 g/mol. The van der Waals surface area contributed by atoms with Gasteiger partial charge in [-0.2, -0.15) is 0 Å². The maximum absolute atomic E-state index is 9.67. The van der Waals surface area contributed by atoms with Gasteiger partial charge in [0.2, 0.25) is 0 Å². The van der Waals surface area contributed by atoms with E-state index in [1.165, 1.54) is 0 Å². The Morgan fingerprint density at radius 2 is 2.17 bits per heavy atom. The molecule has 36 valence electrons. The first kappa shape index (κ1) is 6.55. The SMILES string of the molecule is [CH3][Bi]([CH3])[CH2]C=O. The van der Waals surface area contributed by atoms with Gasteiger partial charge in [-0.3, -0.25) is 0 Å². The molecule has 0 saturated heterocycles. The summed E-state index contributed by atoms with van der Waals surface area (Å²) in [5.74, 6) is 0. The molecule has 0 aliphatic carbocycles. The molecule has 0 atom stereocenters. The van der Waals surface area contributed by atoms with Crippen molar-refractivity contribution >= 4 is 28.0 Å². The summed E-state index contributed by atoms with van der Waals surface area (Å²) in [6.07, 6.45) is 1.04. The van der Waals surface area contributed by atoms with E-state index in [0.717, 1.165) is 10.4 Å². The average Bonchev–Trinajstić information content (AvgIpc) is 1.35. The van der Waals surface area contributed by atoms with Crippen molar-refractivity contribution in [3.8, 4) is 0 Å². The van der Waals surface area contributed by atoms with Crippen LogP contribution in [0.3, 0.4) is 0 Å². The molecule has 0 spiro atoms. The zero-order chi connectivity index (χ0) is 4.99. The van der Waals surface area contributed by atoms with E-state index in [1.54, 1.807) is 0 Å². The van der Waals surface area contributed by atoms with E-state index >= 15 is 0 Å². The van der Waals surface area contributed by atoms with Gasteiger partial charge in [-0.05, 0) is 0 Å². The van der Waals surface area contributed by atoms with Crippen LogP contribution >= 0.6 is 0 Å². The van der Waals surface area contributed by atoms with Crippen molar-refractivity contribution in [2.24, 2.45) is 0 Å². The second-order valence-corrected chi connectivity index (χ2v) is 11.2. The molecule has 0 aromatic rings. The van der Waals surface area contributed by atoms with Crippen LogP contribution in [0.2, 0.25) is 13.4 Å². The first-order chi connectivity index (χ1) is 2.77. The Kier molecular flexibility index (Phi) is 4.08. The van der Waals surface area contributed by atoms with Gasteiger partial charge in [-0.15, -0.1) is 0 Å². The molecule has 0 N–H and O–H groups in total. The van der Waals surface area contributed by atoms with Crippen molar-refractivity contribution in [1.82, 2.24) is 0 Å². The predicted molar refractivity (Wildman–Crippen MR) is 28.4 cm³/mol. The van der Waals surface area contributed by atoms with E-state index in [1.807, 2.05) is 0 Å². The topological polar surface area (TPSA) is 17.1 Å². The van der Waals surface area contributed by atoms with E-state index in [4.69, 9.17) is 0 Å². The molecule has 0 aliphatic heterocycles. The van der Waals surface area contributed by atoms with Crippen LogP contribution in [0.25, 0.3) is 0 Å². The van der Waals surface area contributed by atoms with E-state index in [9.17, 15) is 4.79 Å². The van der Waals surface area contributed by atoms with E-state index in [0.29, 0.717) is 0 Å². The van der Waals surface area contributed by atoms with E-state index in [-0.39, 0.29) is 0 Å². The number of hydrogen-bond acceptors (Lipinski definition) is 1. The fourth-order valence-electron chi connectivity index (χ4n) is 0.149. The molecule has 6 heavy (non-hydrogen) atoms. The van der Waals surface area contributed by atoms with Gasteiger partial charge in [0.25, 0.3) is 0 Å². The van der Waals surface area contributed by atoms with Gasteiger partial charge >= 0.3 is 46.2 Å². The molecule has 0 saturated carbocycles.